The standard InChI is InChI=1S/C18H28OSi2/c1-16(2)12-14-19-18-11-9-8-10-17(18)13-15-21(6,7)20(3,4)5/h8-12H,14H2,1-7H3. The van der Waals surface area contributed by atoms with Crippen molar-refractivity contribution in [2.75, 3.05) is 6.61 Å². The van der Waals surface area contributed by atoms with Gasteiger partial charge >= 0.3 is 0 Å². The van der Waals surface area contributed by atoms with Crippen LogP contribution in [0.25, 0.3) is 0 Å². The van der Waals surface area contributed by atoms with Crippen molar-refractivity contribution in [3.63, 3.8) is 0 Å². The summed E-state index contributed by atoms with van der Waals surface area (Å²) >= 11 is 0. The van der Waals surface area contributed by atoms with E-state index in [1.807, 2.05) is 18.2 Å². The van der Waals surface area contributed by atoms with E-state index in [0.29, 0.717) is 6.61 Å². The fourth-order valence-corrected chi connectivity index (χ4v) is 3.54. The third-order valence-corrected chi connectivity index (χ3v) is 20.1. The fourth-order valence-electron chi connectivity index (χ4n) is 1.40. The van der Waals surface area contributed by atoms with Crippen LogP contribution in [0.1, 0.15) is 19.4 Å². The van der Waals surface area contributed by atoms with Crippen molar-refractivity contribution in [1.82, 2.24) is 0 Å². The summed E-state index contributed by atoms with van der Waals surface area (Å²) in [5.74, 6) is 4.29. The van der Waals surface area contributed by atoms with Crippen LogP contribution >= 0.6 is 0 Å². The van der Waals surface area contributed by atoms with Crippen LogP contribution in [0.15, 0.2) is 35.9 Å². The van der Waals surface area contributed by atoms with E-state index in [1.54, 1.807) is 0 Å². The van der Waals surface area contributed by atoms with Crippen LogP contribution in [-0.2, 0) is 0 Å². The molecule has 0 heterocycles. The zero-order valence-corrected chi connectivity index (χ0v) is 16.5. The van der Waals surface area contributed by atoms with Gasteiger partial charge in [-0.15, -0.1) is 5.54 Å². The molecule has 0 radical (unpaired) electrons. The fraction of sp³-hybridized carbons (Fsp3) is 0.444. The molecule has 114 valence electrons. The molecule has 0 saturated carbocycles. The monoisotopic (exact) mass is 316 g/mol. The zero-order valence-electron chi connectivity index (χ0n) is 14.5. The average molecular weight is 317 g/mol. The number of hydrogen-bond donors (Lipinski definition) is 0. The molecule has 0 atom stereocenters. The molecule has 0 amide bonds. The third-order valence-electron chi connectivity index (χ3n) is 4.00. The summed E-state index contributed by atoms with van der Waals surface area (Å²) in [5.41, 5.74) is 5.89. The number of para-hydroxylation sites is 1. The molecule has 0 aromatic heterocycles. The van der Waals surface area contributed by atoms with E-state index in [-0.39, 0.29) is 0 Å². The molecule has 0 saturated heterocycles. The summed E-state index contributed by atoms with van der Waals surface area (Å²) in [4.78, 5) is 0. The molecule has 1 rings (SSSR count). The van der Waals surface area contributed by atoms with Gasteiger partial charge in [-0.3, -0.25) is 0 Å². The highest BCUT2D eigenvalue weighted by Gasteiger charge is 2.35. The molecule has 3 heteroatoms. The van der Waals surface area contributed by atoms with Gasteiger partial charge in [0.2, 0.25) is 0 Å². The maximum atomic E-state index is 5.85. The van der Waals surface area contributed by atoms with Crippen molar-refractivity contribution in [1.29, 1.82) is 0 Å². The molecule has 0 bridgehead atoms. The highest BCUT2D eigenvalue weighted by atomic mass is 29.3. The molecule has 0 spiro atoms. The van der Waals surface area contributed by atoms with Gasteiger partial charge in [-0.2, -0.15) is 0 Å². The van der Waals surface area contributed by atoms with Crippen molar-refractivity contribution in [3.8, 4) is 17.2 Å². The number of benzene rings is 1. The van der Waals surface area contributed by atoms with Gasteiger partial charge in [0.15, 0.2) is 0 Å². The molecule has 0 N–H and O–H groups in total. The normalized spacial score (nSPS) is 11.4. The Morgan fingerprint density at radius 2 is 1.71 bits per heavy atom. The van der Waals surface area contributed by atoms with E-state index in [9.17, 15) is 0 Å². The Labute approximate surface area is 132 Å². The van der Waals surface area contributed by atoms with Gasteiger partial charge in [0.25, 0.3) is 0 Å². The lowest BCUT2D eigenvalue weighted by molar-refractivity contribution is 0.361. The molecular formula is C18H28OSi2. The lowest BCUT2D eigenvalue weighted by atomic mass is 10.2. The maximum Gasteiger partial charge on any atom is 0.135 e. The molecule has 0 aliphatic heterocycles. The summed E-state index contributed by atoms with van der Waals surface area (Å²) in [7, 11) is -2.63. The first-order chi connectivity index (χ1) is 9.63. The Kier molecular flexibility index (Phi) is 6.06. The van der Waals surface area contributed by atoms with E-state index in [1.165, 1.54) is 5.57 Å². The van der Waals surface area contributed by atoms with Crippen molar-refractivity contribution in [2.45, 2.75) is 46.6 Å². The Bertz CT molecular complexity index is 565. The molecule has 21 heavy (non-hydrogen) atoms. The topological polar surface area (TPSA) is 9.23 Å². The van der Waals surface area contributed by atoms with Crippen molar-refractivity contribution >= 4 is 15.2 Å². The summed E-state index contributed by atoms with van der Waals surface area (Å²) < 4.78 is 5.85. The van der Waals surface area contributed by atoms with E-state index in [2.05, 4.69) is 70.2 Å². The van der Waals surface area contributed by atoms with Gasteiger partial charge in [0.05, 0.1) is 13.2 Å². The maximum absolute atomic E-state index is 5.85. The van der Waals surface area contributed by atoms with E-state index in [0.717, 1.165) is 11.3 Å². The van der Waals surface area contributed by atoms with E-state index < -0.39 is 15.2 Å². The highest BCUT2D eigenvalue weighted by Crippen LogP contribution is 2.20. The first-order valence-electron chi connectivity index (χ1n) is 7.52. The van der Waals surface area contributed by atoms with Crippen LogP contribution in [0, 0.1) is 11.5 Å². The van der Waals surface area contributed by atoms with Gasteiger partial charge in [-0.25, -0.2) is 0 Å². The minimum Gasteiger partial charge on any atom is -0.488 e. The lowest BCUT2D eigenvalue weighted by Gasteiger charge is -2.29. The molecule has 0 aliphatic rings. The van der Waals surface area contributed by atoms with E-state index >= 15 is 0 Å². The second kappa shape index (κ2) is 7.15. The van der Waals surface area contributed by atoms with Crippen LogP contribution in [0.4, 0.5) is 0 Å². The minimum absolute atomic E-state index is 0.607. The number of rotatable bonds is 4. The molecule has 1 nitrogen and oxygen atoms in total. The SMILES string of the molecule is CC(C)=CCOc1ccccc1C#C[Si](C)(C)[Si](C)(C)C. The second-order valence-corrected chi connectivity index (χ2v) is 23.5. The summed E-state index contributed by atoms with van der Waals surface area (Å²) in [6, 6.07) is 8.09. The molecule has 0 unspecified atom stereocenters. The molecule has 1 aromatic carbocycles. The Hall–Kier alpha value is -1.25. The summed E-state index contributed by atoms with van der Waals surface area (Å²) in [6.07, 6.45) is 2.09. The predicted molar refractivity (Wildman–Crippen MR) is 99.1 cm³/mol. The van der Waals surface area contributed by atoms with Gasteiger partial charge in [0, 0.05) is 0 Å². The van der Waals surface area contributed by atoms with Crippen molar-refractivity contribution < 1.29 is 4.74 Å². The van der Waals surface area contributed by atoms with Crippen LogP contribution in [0.2, 0.25) is 32.7 Å². The number of hydrogen-bond acceptors (Lipinski definition) is 1. The van der Waals surface area contributed by atoms with Gasteiger partial charge in [-0.05, 0) is 32.1 Å². The van der Waals surface area contributed by atoms with Gasteiger partial charge in [0.1, 0.15) is 19.9 Å². The quantitative estimate of drug-likeness (QED) is 0.429. The molecule has 0 aliphatic carbocycles. The Balaban J connectivity index is 2.98. The molecule has 0 fully saturated rings. The highest BCUT2D eigenvalue weighted by molar-refractivity contribution is 7.43. The van der Waals surface area contributed by atoms with Crippen molar-refractivity contribution in [2.24, 2.45) is 0 Å². The zero-order chi connectivity index (χ0) is 16.1. The first kappa shape index (κ1) is 17.8. The summed E-state index contributed by atoms with van der Waals surface area (Å²) in [6.45, 7) is 16.8. The smallest absolute Gasteiger partial charge is 0.135 e. The molecule has 1 aromatic rings. The number of allylic oxidation sites excluding steroid dienone is 1. The van der Waals surface area contributed by atoms with Gasteiger partial charge in [-0.1, -0.05) is 56.4 Å². The van der Waals surface area contributed by atoms with Crippen LogP contribution < -0.4 is 4.74 Å². The van der Waals surface area contributed by atoms with Crippen LogP contribution in [0.3, 0.4) is 0 Å². The predicted octanol–water partition coefficient (Wildman–Crippen LogP) is 5.05. The van der Waals surface area contributed by atoms with Gasteiger partial charge < -0.3 is 4.74 Å². The largest absolute Gasteiger partial charge is 0.488 e. The molecular weight excluding hydrogens is 288 g/mol. The number of ether oxygens (including phenoxy) is 1. The second-order valence-electron chi connectivity index (χ2n) is 7.21. The van der Waals surface area contributed by atoms with E-state index in [4.69, 9.17) is 4.74 Å². The lowest BCUT2D eigenvalue weighted by Crippen LogP contribution is -2.51. The summed E-state index contributed by atoms with van der Waals surface area (Å²) in [5, 5.41) is 0. The van der Waals surface area contributed by atoms with Crippen LogP contribution in [-0.4, -0.2) is 21.8 Å². The average Bonchev–Trinajstić information content (AvgIpc) is 2.36. The Morgan fingerprint density at radius 1 is 1.10 bits per heavy atom. The third kappa shape index (κ3) is 5.57. The Morgan fingerprint density at radius 3 is 2.29 bits per heavy atom. The first-order valence-corrected chi connectivity index (χ1v) is 15.0. The van der Waals surface area contributed by atoms with Crippen molar-refractivity contribution in [3.05, 3.63) is 41.5 Å². The van der Waals surface area contributed by atoms with Crippen LogP contribution in [0.5, 0.6) is 5.75 Å². The minimum atomic E-state index is -1.45.